The lowest BCUT2D eigenvalue weighted by molar-refractivity contribution is 0.0991. The first kappa shape index (κ1) is 14.7. The molecule has 1 saturated heterocycles. The predicted octanol–water partition coefficient (Wildman–Crippen LogP) is -0.822. The summed E-state index contributed by atoms with van der Waals surface area (Å²) in [6, 6.07) is 0. The fourth-order valence-corrected chi connectivity index (χ4v) is 1.97. The molecule has 2 heterocycles. The Morgan fingerprint density at radius 2 is 1.90 bits per heavy atom. The summed E-state index contributed by atoms with van der Waals surface area (Å²) in [5, 5.41) is 11.7. The monoisotopic (exact) mass is 283 g/mol. The van der Waals surface area contributed by atoms with E-state index in [1.807, 2.05) is 0 Å². The standard InChI is InChI=1S/C11H21N7O2/c12-17-10-14-9(13-3-7-20-8-6-19)15-11(16-10)18-4-1-2-5-18/h19H,1-8,12H2,(H2,13,14,15,16,17). The van der Waals surface area contributed by atoms with Crippen molar-refractivity contribution in [3.63, 3.8) is 0 Å². The molecule has 5 N–H and O–H groups in total. The molecule has 9 heteroatoms. The Bertz CT molecular complexity index is 412. The zero-order chi connectivity index (χ0) is 14.2. The quantitative estimate of drug-likeness (QED) is 0.275. The van der Waals surface area contributed by atoms with Crippen molar-refractivity contribution < 1.29 is 9.84 Å². The number of nitrogen functional groups attached to an aromatic ring is 1. The molecule has 0 amide bonds. The highest BCUT2D eigenvalue weighted by Gasteiger charge is 2.17. The second kappa shape index (κ2) is 7.78. The fraction of sp³-hybridized carbons (Fsp3) is 0.727. The summed E-state index contributed by atoms with van der Waals surface area (Å²) in [6.07, 6.45) is 2.30. The van der Waals surface area contributed by atoms with Crippen molar-refractivity contribution >= 4 is 17.8 Å². The first-order valence-electron chi connectivity index (χ1n) is 6.73. The molecule has 0 aromatic carbocycles. The van der Waals surface area contributed by atoms with Crippen molar-refractivity contribution in [1.29, 1.82) is 0 Å². The number of rotatable bonds is 8. The fourth-order valence-electron chi connectivity index (χ4n) is 1.97. The third-order valence-electron chi connectivity index (χ3n) is 2.91. The molecule has 0 spiro atoms. The number of nitrogens with two attached hydrogens (primary N) is 1. The highest BCUT2D eigenvalue weighted by molar-refractivity contribution is 5.43. The number of nitrogens with zero attached hydrogens (tertiary/aromatic N) is 4. The first-order valence-corrected chi connectivity index (χ1v) is 6.73. The summed E-state index contributed by atoms with van der Waals surface area (Å²) in [6.45, 7) is 3.27. The Kier molecular flexibility index (Phi) is 5.71. The van der Waals surface area contributed by atoms with Crippen LogP contribution < -0.4 is 21.5 Å². The minimum Gasteiger partial charge on any atom is -0.394 e. The van der Waals surface area contributed by atoms with Crippen LogP contribution in [0.2, 0.25) is 0 Å². The number of nitrogens with one attached hydrogen (secondary N) is 2. The minimum absolute atomic E-state index is 0.0199. The van der Waals surface area contributed by atoms with Gasteiger partial charge in [-0.15, -0.1) is 0 Å². The van der Waals surface area contributed by atoms with Crippen LogP contribution in [-0.2, 0) is 4.74 Å². The predicted molar refractivity (Wildman–Crippen MR) is 75.5 cm³/mol. The number of hydrogen-bond acceptors (Lipinski definition) is 9. The van der Waals surface area contributed by atoms with Crippen LogP contribution >= 0.6 is 0 Å². The summed E-state index contributed by atoms with van der Waals surface area (Å²) in [5.41, 5.74) is 2.45. The topological polar surface area (TPSA) is 121 Å². The second-order valence-corrected chi connectivity index (χ2v) is 4.38. The van der Waals surface area contributed by atoms with E-state index >= 15 is 0 Å². The largest absolute Gasteiger partial charge is 0.394 e. The van der Waals surface area contributed by atoms with Gasteiger partial charge in [0, 0.05) is 19.6 Å². The Morgan fingerprint density at radius 1 is 1.15 bits per heavy atom. The normalized spacial score (nSPS) is 14.6. The van der Waals surface area contributed by atoms with Crippen molar-refractivity contribution in [2.75, 3.05) is 55.1 Å². The molecule has 112 valence electrons. The molecule has 0 unspecified atom stereocenters. The zero-order valence-corrected chi connectivity index (χ0v) is 11.4. The van der Waals surface area contributed by atoms with Crippen LogP contribution in [0.1, 0.15) is 12.8 Å². The summed E-state index contributed by atoms with van der Waals surface area (Å²) < 4.78 is 5.16. The van der Waals surface area contributed by atoms with E-state index in [-0.39, 0.29) is 6.61 Å². The van der Waals surface area contributed by atoms with Gasteiger partial charge in [-0.25, -0.2) is 5.84 Å². The molecule has 1 fully saturated rings. The van der Waals surface area contributed by atoms with Gasteiger partial charge in [0.25, 0.3) is 0 Å². The second-order valence-electron chi connectivity index (χ2n) is 4.38. The number of hydrogen-bond donors (Lipinski definition) is 4. The van der Waals surface area contributed by atoms with Gasteiger partial charge < -0.3 is 20.1 Å². The van der Waals surface area contributed by atoms with Crippen molar-refractivity contribution in [2.45, 2.75) is 12.8 Å². The highest BCUT2D eigenvalue weighted by atomic mass is 16.5. The lowest BCUT2D eigenvalue weighted by Crippen LogP contribution is -2.23. The van der Waals surface area contributed by atoms with Crippen molar-refractivity contribution in [3.05, 3.63) is 0 Å². The van der Waals surface area contributed by atoms with E-state index in [0.717, 1.165) is 25.9 Å². The highest BCUT2D eigenvalue weighted by Crippen LogP contribution is 2.18. The Morgan fingerprint density at radius 3 is 2.60 bits per heavy atom. The Balaban J connectivity index is 1.94. The van der Waals surface area contributed by atoms with E-state index in [1.54, 1.807) is 0 Å². The minimum atomic E-state index is 0.0199. The molecule has 0 saturated carbocycles. The Labute approximate surface area is 117 Å². The van der Waals surface area contributed by atoms with Gasteiger partial charge in [0.05, 0.1) is 19.8 Å². The first-order chi connectivity index (χ1) is 9.83. The van der Waals surface area contributed by atoms with Crippen molar-refractivity contribution in [3.8, 4) is 0 Å². The van der Waals surface area contributed by atoms with E-state index in [9.17, 15) is 0 Å². The van der Waals surface area contributed by atoms with E-state index in [2.05, 4.69) is 30.6 Å². The van der Waals surface area contributed by atoms with E-state index < -0.39 is 0 Å². The molecule has 0 bridgehead atoms. The van der Waals surface area contributed by atoms with Gasteiger partial charge in [-0.3, -0.25) is 5.43 Å². The van der Waals surface area contributed by atoms with E-state index in [1.165, 1.54) is 0 Å². The van der Waals surface area contributed by atoms with Gasteiger partial charge in [-0.05, 0) is 12.8 Å². The number of aliphatic hydroxyl groups is 1. The summed E-state index contributed by atoms with van der Waals surface area (Å²) in [5.74, 6) is 6.80. The van der Waals surface area contributed by atoms with Gasteiger partial charge in [0.2, 0.25) is 17.8 Å². The molecule has 2 rings (SSSR count). The van der Waals surface area contributed by atoms with Crippen LogP contribution in [-0.4, -0.2) is 59.5 Å². The average molecular weight is 283 g/mol. The van der Waals surface area contributed by atoms with Gasteiger partial charge >= 0.3 is 0 Å². The van der Waals surface area contributed by atoms with E-state index in [4.69, 9.17) is 15.7 Å². The molecule has 1 aromatic rings. The molecule has 0 radical (unpaired) electrons. The smallest absolute Gasteiger partial charge is 0.243 e. The Hall–Kier alpha value is -1.71. The number of anilines is 3. The summed E-state index contributed by atoms with van der Waals surface area (Å²) in [7, 11) is 0. The van der Waals surface area contributed by atoms with Crippen LogP contribution in [0, 0.1) is 0 Å². The third kappa shape index (κ3) is 4.15. The van der Waals surface area contributed by atoms with Gasteiger partial charge in [-0.1, -0.05) is 0 Å². The summed E-state index contributed by atoms with van der Waals surface area (Å²) >= 11 is 0. The van der Waals surface area contributed by atoms with Crippen molar-refractivity contribution in [1.82, 2.24) is 15.0 Å². The molecule has 1 aromatic heterocycles. The molecule has 20 heavy (non-hydrogen) atoms. The van der Waals surface area contributed by atoms with Crippen molar-refractivity contribution in [2.24, 2.45) is 5.84 Å². The number of ether oxygens (including phenoxy) is 1. The number of hydrazine groups is 1. The lowest BCUT2D eigenvalue weighted by atomic mass is 10.4. The molecular formula is C11H21N7O2. The van der Waals surface area contributed by atoms with Gasteiger partial charge in [0.15, 0.2) is 0 Å². The van der Waals surface area contributed by atoms with Crippen LogP contribution in [0.25, 0.3) is 0 Å². The lowest BCUT2D eigenvalue weighted by Gasteiger charge is -2.16. The maximum atomic E-state index is 8.60. The molecular weight excluding hydrogens is 262 g/mol. The van der Waals surface area contributed by atoms with Crippen LogP contribution in [0.5, 0.6) is 0 Å². The van der Waals surface area contributed by atoms with E-state index in [0.29, 0.717) is 37.6 Å². The molecule has 0 atom stereocenters. The SMILES string of the molecule is NNc1nc(NCCOCCO)nc(N2CCCC2)n1. The van der Waals surface area contributed by atoms with Gasteiger partial charge in [0.1, 0.15) is 0 Å². The third-order valence-corrected chi connectivity index (χ3v) is 2.91. The van der Waals surface area contributed by atoms with Gasteiger partial charge in [-0.2, -0.15) is 15.0 Å². The summed E-state index contributed by atoms with van der Waals surface area (Å²) in [4.78, 5) is 14.9. The van der Waals surface area contributed by atoms with Crippen LogP contribution in [0.3, 0.4) is 0 Å². The number of aliphatic hydroxyl groups excluding tert-OH is 1. The maximum absolute atomic E-state index is 8.60. The van der Waals surface area contributed by atoms with Crippen LogP contribution in [0.4, 0.5) is 17.8 Å². The molecule has 9 nitrogen and oxygen atoms in total. The molecule has 1 aliphatic rings. The zero-order valence-electron chi connectivity index (χ0n) is 11.4. The van der Waals surface area contributed by atoms with Crippen LogP contribution in [0.15, 0.2) is 0 Å². The number of aromatic nitrogens is 3. The average Bonchev–Trinajstić information content (AvgIpc) is 3.01. The molecule has 0 aliphatic carbocycles. The maximum Gasteiger partial charge on any atom is 0.243 e. The molecule has 1 aliphatic heterocycles.